The van der Waals surface area contributed by atoms with Gasteiger partial charge in [0.25, 0.3) is 0 Å². The van der Waals surface area contributed by atoms with Gasteiger partial charge in [-0.1, -0.05) is 6.07 Å². The average molecular weight is 677 g/mol. The third kappa shape index (κ3) is 5.88. The van der Waals surface area contributed by atoms with Crippen LogP contribution in [0.4, 0.5) is 11.8 Å². The summed E-state index contributed by atoms with van der Waals surface area (Å²) < 4.78 is 2.28. The van der Waals surface area contributed by atoms with E-state index in [9.17, 15) is 15.0 Å². The Bertz CT molecular complexity index is 1000. The summed E-state index contributed by atoms with van der Waals surface area (Å²) in [7, 11) is 0. The van der Waals surface area contributed by atoms with Crippen LogP contribution in [0.5, 0.6) is 0 Å². The molecule has 1 aromatic heterocycles. The van der Waals surface area contributed by atoms with Crippen molar-refractivity contribution in [3.63, 3.8) is 0 Å². The molecule has 33 heavy (non-hydrogen) atoms. The van der Waals surface area contributed by atoms with E-state index in [4.69, 9.17) is 0 Å². The molecule has 0 unspecified atom stereocenters. The summed E-state index contributed by atoms with van der Waals surface area (Å²) in [6.45, 7) is 6.85. The van der Waals surface area contributed by atoms with Crippen molar-refractivity contribution in [1.82, 2.24) is 14.9 Å². The van der Waals surface area contributed by atoms with Gasteiger partial charge in [0.15, 0.2) is 0 Å². The van der Waals surface area contributed by atoms with Crippen molar-refractivity contribution in [1.29, 1.82) is 0 Å². The molecule has 0 bridgehead atoms. The molecule has 2 aliphatic heterocycles. The van der Waals surface area contributed by atoms with E-state index < -0.39 is 5.97 Å². The summed E-state index contributed by atoms with van der Waals surface area (Å²) in [5, 5.41) is 22.2. The van der Waals surface area contributed by atoms with E-state index in [-0.39, 0.29) is 18.2 Å². The maximum atomic E-state index is 11.8. The van der Waals surface area contributed by atoms with Gasteiger partial charge in [0.1, 0.15) is 11.4 Å². The maximum absolute atomic E-state index is 11.8. The van der Waals surface area contributed by atoms with Crippen LogP contribution in [0.25, 0.3) is 0 Å². The number of aliphatic hydroxyl groups excluding tert-OH is 1. The molecule has 0 spiro atoms. The normalized spacial score (nSPS) is 20.4. The Morgan fingerprint density at radius 3 is 2.76 bits per heavy atom. The minimum atomic E-state index is -1.04. The molecule has 4 rings (SSSR count). The van der Waals surface area contributed by atoms with Crippen LogP contribution in [0.2, 0.25) is 0 Å². The second kappa shape index (κ2) is 11.0. The quantitative estimate of drug-likeness (QED) is 0.364. The number of carbonyl (C=O) groups is 1. The molecule has 2 saturated heterocycles. The van der Waals surface area contributed by atoms with Crippen molar-refractivity contribution >= 4 is 62.9 Å². The fraction of sp³-hybridized carbons (Fsp3) is 0.522. The maximum Gasteiger partial charge on any atom is 0.341 e. The summed E-state index contributed by atoms with van der Waals surface area (Å²) >= 11 is 4.59. The molecule has 10 heteroatoms. The Hall–Kier alpha value is -1.25. The van der Waals surface area contributed by atoms with Gasteiger partial charge in [0, 0.05) is 39.5 Å². The fourth-order valence-corrected chi connectivity index (χ4v) is 6.79. The smallest absolute Gasteiger partial charge is 0.341 e. The van der Waals surface area contributed by atoms with E-state index in [1.165, 1.54) is 19.0 Å². The second-order valence-corrected chi connectivity index (χ2v) is 11.3. The molecule has 178 valence electrons. The first-order chi connectivity index (χ1) is 15.9. The Labute approximate surface area is 221 Å². The van der Waals surface area contributed by atoms with Crippen LogP contribution in [-0.2, 0) is 0 Å². The third-order valence-corrected chi connectivity index (χ3v) is 8.21. The highest BCUT2D eigenvalue weighted by molar-refractivity contribution is 14.1. The number of aromatic carboxylic acids is 1. The lowest BCUT2D eigenvalue weighted by Crippen LogP contribution is -2.54. The first-order valence-electron chi connectivity index (χ1n) is 11.3. The highest BCUT2D eigenvalue weighted by Gasteiger charge is 2.37. The molecule has 2 fully saturated rings. The topological polar surface area (TPSA) is 102 Å². The number of piperidine rings is 1. The molecule has 0 saturated carbocycles. The van der Waals surface area contributed by atoms with Gasteiger partial charge in [0.2, 0.25) is 5.95 Å². The number of likely N-dealkylation sites (tertiary alicyclic amines) is 1. The zero-order valence-electron chi connectivity index (χ0n) is 18.5. The van der Waals surface area contributed by atoms with Gasteiger partial charge in [-0.2, -0.15) is 4.98 Å². The van der Waals surface area contributed by atoms with Crippen LogP contribution in [0.1, 0.15) is 41.7 Å². The Morgan fingerprint density at radius 2 is 2.06 bits per heavy atom. The molecule has 3 heterocycles. The van der Waals surface area contributed by atoms with Crippen molar-refractivity contribution < 1.29 is 15.0 Å². The lowest BCUT2D eigenvalue weighted by molar-refractivity contribution is 0.0697. The van der Waals surface area contributed by atoms with Gasteiger partial charge in [-0.05, 0) is 101 Å². The number of nitrogens with one attached hydrogen (secondary N) is 1. The predicted octanol–water partition coefficient (Wildman–Crippen LogP) is 3.70. The van der Waals surface area contributed by atoms with Gasteiger partial charge in [-0.15, -0.1) is 0 Å². The van der Waals surface area contributed by atoms with Gasteiger partial charge in [-0.25, -0.2) is 9.78 Å². The molecule has 8 nitrogen and oxygen atoms in total. The molecule has 0 aliphatic carbocycles. The highest BCUT2D eigenvalue weighted by Crippen LogP contribution is 2.34. The van der Waals surface area contributed by atoms with Crippen molar-refractivity contribution in [2.45, 2.75) is 25.8 Å². The van der Waals surface area contributed by atoms with Crippen LogP contribution in [-0.4, -0.2) is 70.4 Å². The first-order valence-corrected chi connectivity index (χ1v) is 13.4. The van der Waals surface area contributed by atoms with Crippen molar-refractivity contribution in [2.24, 2.45) is 11.8 Å². The third-order valence-electron chi connectivity index (χ3n) is 6.61. The first kappa shape index (κ1) is 24.9. The van der Waals surface area contributed by atoms with E-state index in [2.05, 4.69) is 82.4 Å². The monoisotopic (exact) mass is 677 g/mol. The van der Waals surface area contributed by atoms with E-state index in [0.717, 1.165) is 45.4 Å². The number of benzene rings is 1. The number of carboxylic acid groups (broad SMARTS) is 1. The molecule has 2 atom stereocenters. The molecule has 2 aliphatic rings. The number of aliphatic hydroxyl groups is 1. The number of nitrogens with zero attached hydrogens (tertiary/aromatic N) is 4. The van der Waals surface area contributed by atoms with Crippen molar-refractivity contribution in [3.05, 3.63) is 42.7 Å². The molecule has 0 amide bonds. The summed E-state index contributed by atoms with van der Waals surface area (Å²) in [4.78, 5) is 25.3. The largest absolute Gasteiger partial charge is 0.477 e. The lowest BCUT2D eigenvalue weighted by Gasteiger charge is -2.46. The highest BCUT2D eigenvalue weighted by atomic mass is 127. The zero-order chi connectivity index (χ0) is 23.5. The standard InChI is InChI=1S/C23H29I2N5O3/c1-14(18-5-4-17(24)9-20(18)25)27-21-19(22(32)33)10-26-23(28-21)30-12-16(13-30)15-3-2-6-29(11-15)7-8-31/h4-5,9-10,14-16,31H,2-3,6-8,11-13H2,1H3,(H,32,33)(H,26,27,28)/t14-,15+/m1/s1. The van der Waals surface area contributed by atoms with Gasteiger partial charge in [0.05, 0.1) is 12.6 Å². The summed E-state index contributed by atoms with van der Waals surface area (Å²) in [5.41, 5.74) is 1.18. The molecular weight excluding hydrogens is 648 g/mol. The SMILES string of the molecule is C[C@@H](Nc1nc(N2CC([C@H]3CCCN(CCO)C3)C2)ncc1C(=O)O)c1ccc(I)cc1I. The van der Waals surface area contributed by atoms with Gasteiger partial charge in [-0.3, -0.25) is 0 Å². The number of rotatable bonds is 8. The van der Waals surface area contributed by atoms with Crippen LogP contribution in [0.3, 0.4) is 0 Å². The number of halogens is 2. The number of hydrogen-bond acceptors (Lipinski definition) is 7. The second-order valence-electron chi connectivity index (χ2n) is 8.86. The van der Waals surface area contributed by atoms with E-state index in [1.807, 2.05) is 13.0 Å². The van der Waals surface area contributed by atoms with E-state index >= 15 is 0 Å². The molecule has 2 aromatic rings. The lowest BCUT2D eigenvalue weighted by atomic mass is 9.81. The fourth-order valence-electron chi connectivity index (χ4n) is 4.72. The Morgan fingerprint density at radius 1 is 1.27 bits per heavy atom. The van der Waals surface area contributed by atoms with Gasteiger partial charge >= 0.3 is 5.97 Å². The van der Waals surface area contributed by atoms with Crippen molar-refractivity contribution in [3.8, 4) is 0 Å². The molecular formula is C23H29I2N5O3. The van der Waals surface area contributed by atoms with Crippen LogP contribution in [0, 0.1) is 19.0 Å². The molecule has 3 N–H and O–H groups in total. The Balaban J connectivity index is 1.45. The Kier molecular flexibility index (Phi) is 8.28. The van der Waals surface area contributed by atoms with Gasteiger partial charge < -0.3 is 25.3 Å². The molecule has 0 radical (unpaired) electrons. The number of anilines is 2. The van der Waals surface area contributed by atoms with Crippen molar-refractivity contribution in [2.75, 3.05) is 49.5 Å². The number of hydrogen-bond donors (Lipinski definition) is 3. The summed E-state index contributed by atoms with van der Waals surface area (Å²) in [6, 6.07) is 6.12. The summed E-state index contributed by atoms with van der Waals surface area (Å²) in [6.07, 6.45) is 3.81. The van der Waals surface area contributed by atoms with E-state index in [1.54, 1.807) is 0 Å². The zero-order valence-corrected chi connectivity index (χ0v) is 22.9. The number of aromatic nitrogens is 2. The number of carboxylic acids is 1. The minimum absolute atomic E-state index is 0.0788. The summed E-state index contributed by atoms with van der Waals surface area (Å²) in [5.74, 6) is 1.09. The number of β-amino-alcohol motifs (C(OH)–C–C–N with tert-alkyl or cyclic N) is 1. The average Bonchev–Trinajstić information content (AvgIpc) is 2.73. The molecule has 1 aromatic carbocycles. The van der Waals surface area contributed by atoms with Crippen LogP contribution < -0.4 is 10.2 Å². The predicted molar refractivity (Wildman–Crippen MR) is 145 cm³/mol. The van der Waals surface area contributed by atoms with E-state index in [0.29, 0.717) is 23.6 Å². The van der Waals surface area contributed by atoms with Crippen LogP contribution >= 0.6 is 45.2 Å². The minimum Gasteiger partial charge on any atom is -0.477 e. The van der Waals surface area contributed by atoms with Crippen LogP contribution in [0.15, 0.2) is 24.4 Å².